The molecule has 2 aromatic rings. The Kier molecular flexibility index (Phi) is 4.49. The number of aryl methyl sites for hydroxylation is 1. The summed E-state index contributed by atoms with van der Waals surface area (Å²) in [5.41, 5.74) is 1.27. The highest BCUT2D eigenvalue weighted by atomic mass is 32.1. The van der Waals surface area contributed by atoms with Crippen LogP contribution in [-0.2, 0) is 11.2 Å². The average molecular weight is 292 g/mol. The lowest BCUT2D eigenvalue weighted by molar-refractivity contribution is -0.120. The first kappa shape index (κ1) is 14.7. The van der Waals surface area contributed by atoms with Crippen molar-refractivity contribution < 1.29 is 9.18 Å². The molecule has 2 rings (SSSR count). The normalized spacial score (nSPS) is 10.8. The molecule has 1 aromatic heterocycles. The van der Waals surface area contributed by atoms with Crippen LogP contribution in [0.3, 0.4) is 0 Å². The number of carbonyl (C=O) groups is 1. The van der Waals surface area contributed by atoms with Gasteiger partial charge in [0.25, 0.3) is 0 Å². The Balaban J connectivity index is 2.22. The maximum Gasteiger partial charge on any atom is 0.225 e. The van der Waals surface area contributed by atoms with Gasteiger partial charge in [-0.2, -0.15) is 0 Å². The van der Waals surface area contributed by atoms with E-state index in [2.05, 4.69) is 10.3 Å². The van der Waals surface area contributed by atoms with E-state index in [1.54, 1.807) is 18.2 Å². The molecule has 0 saturated carbocycles. The third-order valence-electron chi connectivity index (χ3n) is 2.77. The molecule has 5 heteroatoms. The quantitative estimate of drug-likeness (QED) is 0.939. The third kappa shape index (κ3) is 3.42. The Hall–Kier alpha value is -1.75. The van der Waals surface area contributed by atoms with Crippen LogP contribution >= 0.6 is 11.3 Å². The fraction of sp³-hybridized carbons (Fsp3) is 0.333. The molecule has 0 aliphatic rings. The fourth-order valence-electron chi connectivity index (χ4n) is 1.86. The maximum absolute atomic E-state index is 13.7. The number of hydrogen-bond donors (Lipinski definition) is 1. The van der Waals surface area contributed by atoms with Gasteiger partial charge in [0, 0.05) is 16.5 Å². The van der Waals surface area contributed by atoms with E-state index in [4.69, 9.17) is 0 Å². The zero-order valence-corrected chi connectivity index (χ0v) is 12.6. The van der Waals surface area contributed by atoms with Crippen LogP contribution in [0.1, 0.15) is 24.4 Å². The van der Waals surface area contributed by atoms with Crippen molar-refractivity contribution in [3.8, 4) is 10.6 Å². The van der Waals surface area contributed by atoms with Gasteiger partial charge >= 0.3 is 0 Å². The van der Waals surface area contributed by atoms with Crippen LogP contribution in [0.5, 0.6) is 0 Å². The average Bonchev–Trinajstić information content (AvgIpc) is 2.70. The van der Waals surface area contributed by atoms with Crippen molar-refractivity contribution in [3.05, 3.63) is 40.7 Å². The van der Waals surface area contributed by atoms with E-state index in [0.29, 0.717) is 10.6 Å². The molecule has 3 nitrogen and oxygen atoms in total. The number of thiazole rings is 1. The molecule has 0 spiro atoms. The van der Waals surface area contributed by atoms with Crippen LogP contribution in [0.4, 0.5) is 4.39 Å². The highest BCUT2D eigenvalue weighted by Gasteiger charge is 2.15. The molecule has 0 aliphatic heterocycles. The second-order valence-corrected chi connectivity index (χ2v) is 5.99. The number of hydrogen-bond acceptors (Lipinski definition) is 3. The zero-order valence-electron chi connectivity index (χ0n) is 11.7. The fourth-order valence-corrected chi connectivity index (χ4v) is 2.95. The smallest absolute Gasteiger partial charge is 0.225 e. The summed E-state index contributed by atoms with van der Waals surface area (Å²) in [6, 6.07) is 6.65. The predicted octanol–water partition coefficient (Wildman–Crippen LogP) is 3.32. The SMILES string of the molecule is Cc1nc(-c2ccccc2F)sc1CC(=O)NC(C)C. The minimum absolute atomic E-state index is 0.0353. The number of aromatic nitrogens is 1. The summed E-state index contributed by atoms with van der Waals surface area (Å²) in [4.78, 5) is 17.0. The number of nitrogens with one attached hydrogen (secondary N) is 1. The zero-order chi connectivity index (χ0) is 14.7. The summed E-state index contributed by atoms with van der Waals surface area (Å²) in [5.74, 6) is -0.328. The van der Waals surface area contributed by atoms with Gasteiger partial charge in [0.15, 0.2) is 0 Å². The molecule has 1 aromatic carbocycles. The first-order chi connectivity index (χ1) is 9.47. The lowest BCUT2D eigenvalue weighted by atomic mass is 10.2. The van der Waals surface area contributed by atoms with E-state index in [0.717, 1.165) is 10.6 Å². The molecular weight excluding hydrogens is 275 g/mol. The molecule has 106 valence electrons. The topological polar surface area (TPSA) is 42.0 Å². The van der Waals surface area contributed by atoms with Crippen LogP contribution in [0.15, 0.2) is 24.3 Å². The van der Waals surface area contributed by atoms with Crippen molar-refractivity contribution >= 4 is 17.2 Å². The Morgan fingerprint density at radius 3 is 2.75 bits per heavy atom. The summed E-state index contributed by atoms with van der Waals surface area (Å²) in [6.45, 7) is 5.68. The summed E-state index contributed by atoms with van der Waals surface area (Å²) in [5, 5.41) is 3.46. The minimum Gasteiger partial charge on any atom is -0.354 e. The largest absolute Gasteiger partial charge is 0.354 e. The second kappa shape index (κ2) is 6.13. The van der Waals surface area contributed by atoms with Crippen molar-refractivity contribution in [2.24, 2.45) is 0 Å². The molecule has 0 unspecified atom stereocenters. The molecule has 0 aliphatic carbocycles. The van der Waals surface area contributed by atoms with Crippen molar-refractivity contribution in [2.75, 3.05) is 0 Å². The van der Waals surface area contributed by atoms with E-state index in [9.17, 15) is 9.18 Å². The lowest BCUT2D eigenvalue weighted by Gasteiger charge is -2.06. The van der Waals surface area contributed by atoms with Crippen LogP contribution in [-0.4, -0.2) is 16.9 Å². The summed E-state index contributed by atoms with van der Waals surface area (Å²) in [7, 11) is 0. The van der Waals surface area contributed by atoms with Gasteiger partial charge in [0.1, 0.15) is 10.8 Å². The molecule has 0 bridgehead atoms. The van der Waals surface area contributed by atoms with Crippen LogP contribution < -0.4 is 5.32 Å². The van der Waals surface area contributed by atoms with E-state index in [1.807, 2.05) is 20.8 Å². The van der Waals surface area contributed by atoms with Gasteiger partial charge in [-0.15, -0.1) is 11.3 Å². The van der Waals surface area contributed by atoms with E-state index < -0.39 is 0 Å². The van der Waals surface area contributed by atoms with Gasteiger partial charge in [-0.3, -0.25) is 4.79 Å². The Morgan fingerprint density at radius 1 is 1.40 bits per heavy atom. The summed E-state index contributed by atoms with van der Waals surface area (Å²) < 4.78 is 13.7. The van der Waals surface area contributed by atoms with E-state index in [1.165, 1.54) is 17.4 Å². The van der Waals surface area contributed by atoms with Gasteiger partial charge < -0.3 is 5.32 Å². The van der Waals surface area contributed by atoms with Crippen molar-refractivity contribution in [1.29, 1.82) is 0 Å². The van der Waals surface area contributed by atoms with Crippen LogP contribution in [0.2, 0.25) is 0 Å². The number of benzene rings is 1. The number of nitrogens with zero attached hydrogens (tertiary/aromatic N) is 1. The molecule has 20 heavy (non-hydrogen) atoms. The maximum atomic E-state index is 13.7. The molecule has 0 atom stereocenters. The molecule has 0 fully saturated rings. The Bertz CT molecular complexity index is 622. The first-order valence-corrected chi connectivity index (χ1v) is 7.29. The highest BCUT2D eigenvalue weighted by Crippen LogP contribution is 2.29. The van der Waals surface area contributed by atoms with Crippen molar-refractivity contribution in [2.45, 2.75) is 33.2 Å². The third-order valence-corrected chi connectivity index (χ3v) is 3.96. The van der Waals surface area contributed by atoms with Gasteiger partial charge in [-0.05, 0) is 32.9 Å². The molecule has 1 amide bonds. The summed E-state index contributed by atoms with van der Waals surface area (Å²) in [6.07, 6.45) is 0.288. The molecule has 1 heterocycles. The highest BCUT2D eigenvalue weighted by molar-refractivity contribution is 7.15. The van der Waals surface area contributed by atoms with Crippen LogP contribution in [0, 0.1) is 12.7 Å². The first-order valence-electron chi connectivity index (χ1n) is 6.48. The van der Waals surface area contributed by atoms with Crippen molar-refractivity contribution in [3.63, 3.8) is 0 Å². The van der Waals surface area contributed by atoms with Gasteiger partial charge in [0.05, 0.1) is 12.1 Å². The van der Waals surface area contributed by atoms with Crippen molar-refractivity contribution in [1.82, 2.24) is 10.3 Å². The monoisotopic (exact) mass is 292 g/mol. The number of carbonyl (C=O) groups excluding carboxylic acids is 1. The number of halogens is 1. The molecule has 1 N–H and O–H groups in total. The van der Waals surface area contributed by atoms with E-state index >= 15 is 0 Å². The molecular formula is C15H17FN2OS. The van der Waals surface area contributed by atoms with Gasteiger partial charge in [-0.1, -0.05) is 12.1 Å². The summed E-state index contributed by atoms with van der Waals surface area (Å²) >= 11 is 1.37. The Morgan fingerprint density at radius 2 is 2.10 bits per heavy atom. The van der Waals surface area contributed by atoms with Gasteiger partial charge in [0.2, 0.25) is 5.91 Å². The number of rotatable bonds is 4. The minimum atomic E-state index is -0.292. The molecule has 0 saturated heterocycles. The second-order valence-electron chi connectivity index (χ2n) is 4.91. The van der Waals surface area contributed by atoms with E-state index in [-0.39, 0.29) is 24.2 Å². The predicted molar refractivity (Wildman–Crippen MR) is 79.2 cm³/mol. The Labute approximate surface area is 121 Å². The standard InChI is InChI=1S/C15H17FN2OS/c1-9(2)17-14(19)8-13-10(3)18-15(20-13)11-6-4-5-7-12(11)16/h4-7,9H,8H2,1-3H3,(H,17,19). The van der Waals surface area contributed by atoms with Gasteiger partial charge in [-0.25, -0.2) is 9.37 Å². The lowest BCUT2D eigenvalue weighted by Crippen LogP contribution is -2.31. The molecule has 0 radical (unpaired) electrons. The number of amides is 1. The van der Waals surface area contributed by atoms with Crippen LogP contribution in [0.25, 0.3) is 10.6 Å².